The molecule has 0 bridgehead atoms. The molecule has 0 aromatic carbocycles. The highest BCUT2D eigenvalue weighted by atomic mass is 32.2. The number of thioether (sulfide) groups is 1. The lowest BCUT2D eigenvalue weighted by Gasteiger charge is -2.20. The largest absolute Gasteiger partial charge is 0.313 e. The summed E-state index contributed by atoms with van der Waals surface area (Å²) in [6, 6.07) is 5.14. The summed E-state index contributed by atoms with van der Waals surface area (Å²) in [5, 5.41) is 6.88. The maximum absolute atomic E-state index is 3.74. The molecule has 1 nitrogen and oxygen atoms in total. The van der Waals surface area contributed by atoms with E-state index < -0.39 is 0 Å². The molecule has 1 atom stereocenters. The van der Waals surface area contributed by atoms with Crippen LogP contribution < -0.4 is 5.32 Å². The smallest absolute Gasteiger partial charge is 0.0161 e. The molecular formula is C16H27NS2. The highest BCUT2D eigenvalue weighted by Gasteiger charge is 2.17. The Morgan fingerprint density at radius 1 is 1.42 bits per heavy atom. The summed E-state index contributed by atoms with van der Waals surface area (Å²) >= 11 is 4.12. The standard InChI is InChI=1S/C16H27NS2/c1-2-11-17-14(9-10-16-8-5-12-18-16)13-19-15-6-3-4-7-15/h5,8,12,14-15,17H,2-4,6-7,9-11,13H2,1H3. The van der Waals surface area contributed by atoms with Gasteiger partial charge in [-0.15, -0.1) is 11.3 Å². The first-order valence-corrected chi connectivity index (χ1v) is 9.68. The molecule has 1 unspecified atom stereocenters. The second-order valence-corrected chi connectivity index (χ2v) is 7.87. The lowest BCUT2D eigenvalue weighted by atomic mass is 10.1. The van der Waals surface area contributed by atoms with E-state index in [-0.39, 0.29) is 0 Å². The Kier molecular flexibility index (Phi) is 7.33. The molecule has 0 aliphatic heterocycles. The van der Waals surface area contributed by atoms with Crippen LogP contribution in [0.25, 0.3) is 0 Å². The van der Waals surface area contributed by atoms with Crippen molar-refractivity contribution in [2.75, 3.05) is 12.3 Å². The van der Waals surface area contributed by atoms with Crippen molar-refractivity contribution in [3.8, 4) is 0 Å². The number of hydrogen-bond acceptors (Lipinski definition) is 3. The third-order valence-corrected chi connectivity index (χ3v) is 6.31. The number of hydrogen-bond donors (Lipinski definition) is 1. The van der Waals surface area contributed by atoms with E-state index in [2.05, 4.69) is 41.5 Å². The average molecular weight is 298 g/mol. The molecular weight excluding hydrogens is 270 g/mol. The van der Waals surface area contributed by atoms with Gasteiger partial charge in [0.15, 0.2) is 0 Å². The minimum Gasteiger partial charge on any atom is -0.313 e. The highest BCUT2D eigenvalue weighted by molar-refractivity contribution is 7.99. The zero-order chi connectivity index (χ0) is 13.3. The molecule has 3 heteroatoms. The van der Waals surface area contributed by atoms with Crippen LogP contribution in [0, 0.1) is 0 Å². The van der Waals surface area contributed by atoms with Crippen molar-refractivity contribution in [2.24, 2.45) is 0 Å². The van der Waals surface area contributed by atoms with Crippen molar-refractivity contribution in [2.45, 2.75) is 63.2 Å². The third-order valence-electron chi connectivity index (χ3n) is 3.84. The lowest BCUT2D eigenvalue weighted by molar-refractivity contribution is 0.521. The molecule has 1 aliphatic carbocycles. The summed E-state index contributed by atoms with van der Waals surface area (Å²) in [5.41, 5.74) is 0. The van der Waals surface area contributed by atoms with E-state index in [0.717, 1.165) is 5.25 Å². The molecule has 108 valence electrons. The molecule has 19 heavy (non-hydrogen) atoms. The topological polar surface area (TPSA) is 12.0 Å². The molecule has 0 spiro atoms. The summed E-state index contributed by atoms with van der Waals surface area (Å²) in [6.45, 7) is 3.42. The summed E-state index contributed by atoms with van der Waals surface area (Å²) < 4.78 is 0. The van der Waals surface area contributed by atoms with E-state index >= 15 is 0 Å². The van der Waals surface area contributed by atoms with Gasteiger partial charge < -0.3 is 5.32 Å². The van der Waals surface area contributed by atoms with Crippen LogP contribution in [0.2, 0.25) is 0 Å². The van der Waals surface area contributed by atoms with Gasteiger partial charge >= 0.3 is 0 Å². The number of thiophene rings is 1. The normalized spacial score (nSPS) is 17.9. The van der Waals surface area contributed by atoms with Crippen LogP contribution in [0.5, 0.6) is 0 Å². The summed E-state index contributed by atoms with van der Waals surface area (Å²) in [6.07, 6.45) is 9.60. The van der Waals surface area contributed by atoms with Gasteiger partial charge in [-0.05, 0) is 50.1 Å². The molecule has 0 saturated heterocycles. The Hall–Kier alpha value is 0.01000. The quantitative estimate of drug-likeness (QED) is 0.707. The first kappa shape index (κ1) is 15.4. The number of nitrogens with one attached hydrogen (secondary N) is 1. The molecule has 0 radical (unpaired) electrons. The SMILES string of the molecule is CCCNC(CCc1cccs1)CSC1CCCC1. The van der Waals surface area contributed by atoms with Gasteiger partial charge in [0.1, 0.15) is 0 Å². The van der Waals surface area contributed by atoms with Gasteiger partial charge in [-0.1, -0.05) is 25.8 Å². The molecule has 1 aromatic heterocycles. The van der Waals surface area contributed by atoms with E-state index in [9.17, 15) is 0 Å². The Bertz CT molecular complexity index is 317. The van der Waals surface area contributed by atoms with Gasteiger partial charge in [-0.25, -0.2) is 0 Å². The fourth-order valence-corrected chi connectivity index (χ4v) is 4.85. The van der Waals surface area contributed by atoms with E-state index in [4.69, 9.17) is 0 Å². The van der Waals surface area contributed by atoms with E-state index in [1.165, 1.54) is 62.1 Å². The molecule has 1 aromatic rings. The Morgan fingerprint density at radius 3 is 2.95 bits per heavy atom. The van der Waals surface area contributed by atoms with Crippen molar-refractivity contribution in [1.29, 1.82) is 0 Å². The second kappa shape index (κ2) is 9.04. The molecule has 0 amide bonds. The van der Waals surface area contributed by atoms with Crippen LogP contribution in [0.3, 0.4) is 0 Å². The van der Waals surface area contributed by atoms with Crippen LogP contribution >= 0.6 is 23.1 Å². The first-order valence-electron chi connectivity index (χ1n) is 7.76. The third kappa shape index (κ3) is 5.88. The first-order chi connectivity index (χ1) is 9.38. The Labute approximate surface area is 126 Å². The number of rotatable bonds is 9. The van der Waals surface area contributed by atoms with Gasteiger partial charge in [0.25, 0.3) is 0 Å². The van der Waals surface area contributed by atoms with Crippen LogP contribution in [-0.2, 0) is 6.42 Å². The maximum atomic E-state index is 3.74. The highest BCUT2D eigenvalue weighted by Crippen LogP contribution is 2.30. The van der Waals surface area contributed by atoms with Crippen molar-refractivity contribution < 1.29 is 0 Å². The summed E-state index contributed by atoms with van der Waals surface area (Å²) in [5.74, 6) is 1.30. The zero-order valence-corrected chi connectivity index (χ0v) is 13.7. The van der Waals surface area contributed by atoms with E-state index in [1.807, 2.05) is 11.3 Å². The lowest BCUT2D eigenvalue weighted by Crippen LogP contribution is -2.33. The van der Waals surface area contributed by atoms with Crippen LogP contribution in [-0.4, -0.2) is 23.6 Å². The molecule has 1 saturated carbocycles. The van der Waals surface area contributed by atoms with Gasteiger partial charge in [0.2, 0.25) is 0 Å². The van der Waals surface area contributed by atoms with Crippen molar-refractivity contribution in [3.05, 3.63) is 22.4 Å². The predicted molar refractivity (Wildman–Crippen MR) is 89.4 cm³/mol. The predicted octanol–water partition coefficient (Wildman–Crippen LogP) is 4.72. The zero-order valence-electron chi connectivity index (χ0n) is 12.1. The number of aryl methyl sites for hydroxylation is 1. The van der Waals surface area contributed by atoms with Gasteiger partial charge in [-0.2, -0.15) is 11.8 Å². The molecule has 1 aliphatic rings. The van der Waals surface area contributed by atoms with Gasteiger partial charge in [0.05, 0.1) is 0 Å². The fraction of sp³-hybridized carbons (Fsp3) is 0.750. The van der Waals surface area contributed by atoms with Crippen molar-refractivity contribution in [3.63, 3.8) is 0 Å². The van der Waals surface area contributed by atoms with Crippen LogP contribution in [0.4, 0.5) is 0 Å². The second-order valence-electron chi connectivity index (χ2n) is 5.51. The van der Waals surface area contributed by atoms with E-state index in [1.54, 1.807) is 0 Å². The molecule has 2 rings (SSSR count). The van der Waals surface area contributed by atoms with Crippen molar-refractivity contribution >= 4 is 23.1 Å². The summed E-state index contributed by atoms with van der Waals surface area (Å²) in [7, 11) is 0. The van der Waals surface area contributed by atoms with Gasteiger partial charge in [0, 0.05) is 21.9 Å². The van der Waals surface area contributed by atoms with Crippen LogP contribution in [0.15, 0.2) is 17.5 Å². The summed E-state index contributed by atoms with van der Waals surface area (Å²) in [4.78, 5) is 1.54. The van der Waals surface area contributed by atoms with Crippen LogP contribution in [0.1, 0.15) is 50.3 Å². The minimum atomic E-state index is 0.702. The monoisotopic (exact) mass is 297 g/mol. The molecule has 1 N–H and O–H groups in total. The average Bonchev–Trinajstić information content (AvgIpc) is 3.11. The Balaban J connectivity index is 1.70. The fourth-order valence-electron chi connectivity index (χ4n) is 2.67. The Morgan fingerprint density at radius 2 is 2.26 bits per heavy atom. The van der Waals surface area contributed by atoms with Crippen molar-refractivity contribution in [1.82, 2.24) is 5.32 Å². The van der Waals surface area contributed by atoms with E-state index in [0.29, 0.717) is 6.04 Å². The minimum absolute atomic E-state index is 0.702. The molecule has 1 heterocycles. The van der Waals surface area contributed by atoms with Gasteiger partial charge in [-0.3, -0.25) is 0 Å². The molecule has 1 fully saturated rings. The maximum Gasteiger partial charge on any atom is 0.0161 e.